The van der Waals surface area contributed by atoms with Crippen LogP contribution in [0.4, 0.5) is 0 Å². The predicted molar refractivity (Wildman–Crippen MR) is 159 cm³/mol. The minimum absolute atomic E-state index is 0.217. The van der Waals surface area contributed by atoms with Gasteiger partial charge in [0.25, 0.3) is 5.56 Å². The Kier molecular flexibility index (Phi) is 6.96. The summed E-state index contributed by atoms with van der Waals surface area (Å²) in [6, 6.07) is 26.7. The quantitative estimate of drug-likeness (QED) is 0.283. The number of methoxy groups -OCH3 is 1. The summed E-state index contributed by atoms with van der Waals surface area (Å²) >= 11 is 1.31. The van der Waals surface area contributed by atoms with Gasteiger partial charge in [-0.2, -0.15) is 5.26 Å². The van der Waals surface area contributed by atoms with Crippen LogP contribution in [0.5, 0.6) is 0 Å². The van der Waals surface area contributed by atoms with Crippen molar-refractivity contribution in [3.63, 3.8) is 0 Å². The molecule has 0 spiro atoms. The average Bonchev–Trinajstić information content (AvgIpc) is 3.52. The molecule has 8 heteroatoms. The summed E-state index contributed by atoms with van der Waals surface area (Å²) in [7, 11) is 1.35. The number of rotatable bonds is 6. The van der Waals surface area contributed by atoms with Crippen LogP contribution in [0.25, 0.3) is 17.0 Å². The van der Waals surface area contributed by atoms with Crippen molar-refractivity contribution in [1.82, 2.24) is 9.13 Å². The first-order valence-corrected chi connectivity index (χ1v) is 14.1. The van der Waals surface area contributed by atoms with Crippen LogP contribution in [0, 0.1) is 11.3 Å². The Morgan fingerprint density at radius 1 is 1.07 bits per heavy atom. The van der Waals surface area contributed by atoms with Gasteiger partial charge >= 0.3 is 5.97 Å². The van der Waals surface area contributed by atoms with E-state index >= 15 is 0 Å². The van der Waals surface area contributed by atoms with Crippen LogP contribution in [0.2, 0.25) is 0 Å². The molecule has 0 radical (unpaired) electrons. The number of esters is 1. The summed E-state index contributed by atoms with van der Waals surface area (Å²) in [6.07, 6.45) is 4.44. The number of thiazole rings is 1. The Labute approximate surface area is 240 Å². The molecule has 5 aromatic rings. The topological polar surface area (TPSA) is 89.4 Å². The number of benzene rings is 3. The van der Waals surface area contributed by atoms with Gasteiger partial charge in [0, 0.05) is 29.2 Å². The maximum atomic E-state index is 14.0. The van der Waals surface area contributed by atoms with Crippen LogP contribution in [0.3, 0.4) is 0 Å². The van der Waals surface area contributed by atoms with Crippen LogP contribution in [0.15, 0.2) is 106 Å². The minimum Gasteiger partial charge on any atom is -0.466 e. The number of hydrogen-bond acceptors (Lipinski definition) is 6. The van der Waals surface area contributed by atoms with Crippen molar-refractivity contribution in [2.45, 2.75) is 25.9 Å². The minimum atomic E-state index is -0.638. The number of aromatic nitrogens is 2. The maximum Gasteiger partial charge on any atom is 0.338 e. The van der Waals surface area contributed by atoms with Gasteiger partial charge in [0.1, 0.15) is 0 Å². The highest BCUT2D eigenvalue weighted by Crippen LogP contribution is 2.32. The highest BCUT2D eigenvalue weighted by molar-refractivity contribution is 7.07. The molecule has 0 aliphatic carbocycles. The highest BCUT2D eigenvalue weighted by Gasteiger charge is 2.33. The maximum absolute atomic E-state index is 14.0. The standard InChI is InChI=1S/C33H26N4O3S/c1-3-26-29(32(39)40-2)30(21-11-5-4-6-12-21)37-31(38)28(41-33(37)35-26)17-24-20-36(27-16-10-9-15-25(24)27)19-23-14-8-7-13-22(23)18-34/h4-17,20,30H,3,19H2,1-2H3/b28-17-/t30-/m0/s1. The van der Waals surface area contributed by atoms with Crippen molar-refractivity contribution in [1.29, 1.82) is 5.26 Å². The lowest BCUT2D eigenvalue weighted by Gasteiger charge is -2.25. The molecule has 41 heavy (non-hydrogen) atoms. The molecule has 202 valence electrons. The number of allylic oxidation sites excluding steroid dienone is 1. The molecule has 0 unspecified atom stereocenters. The third-order valence-corrected chi connectivity index (χ3v) is 8.33. The molecular weight excluding hydrogens is 532 g/mol. The Hall–Kier alpha value is -5.00. The van der Waals surface area contributed by atoms with Gasteiger partial charge in [-0.05, 0) is 35.8 Å². The molecule has 1 atom stereocenters. The highest BCUT2D eigenvalue weighted by atomic mass is 32.1. The number of hydrogen-bond donors (Lipinski definition) is 0. The fourth-order valence-electron chi connectivity index (χ4n) is 5.43. The van der Waals surface area contributed by atoms with Crippen LogP contribution in [-0.4, -0.2) is 22.2 Å². The zero-order chi connectivity index (χ0) is 28.5. The fourth-order valence-corrected chi connectivity index (χ4v) is 6.44. The van der Waals surface area contributed by atoms with Gasteiger partial charge in [-0.1, -0.05) is 85.0 Å². The Balaban J connectivity index is 1.54. The van der Waals surface area contributed by atoms with Crippen molar-refractivity contribution in [2.75, 3.05) is 7.11 Å². The molecule has 0 fully saturated rings. The van der Waals surface area contributed by atoms with E-state index in [1.807, 2.05) is 98.1 Å². The van der Waals surface area contributed by atoms with E-state index < -0.39 is 12.0 Å². The lowest BCUT2D eigenvalue weighted by atomic mass is 9.95. The van der Waals surface area contributed by atoms with E-state index in [1.165, 1.54) is 18.4 Å². The molecular formula is C33H26N4O3S. The number of nitriles is 1. The number of fused-ring (bicyclic) bond motifs is 2. The Morgan fingerprint density at radius 2 is 1.80 bits per heavy atom. The summed E-state index contributed by atoms with van der Waals surface area (Å²) in [4.78, 5) is 32.3. The first-order valence-electron chi connectivity index (χ1n) is 13.3. The molecule has 0 amide bonds. The molecule has 0 bridgehead atoms. The lowest BCUT2D eigenvalue weighted by Crippen LogP contribution is -2.40. The summed E-state index contributed by atoms with van der Waals surface area (Å²) in [5.74, 6) is -0.491. The number of carbonyl (C=O) groups excluding carboxylic acids is 1. The van der Waals surface area contributed by atoms with Crippen molar-refractivity contribution < 1.29 is 9.53 Å². The van der Waals surface area contributed by atoms with E-state index in [0.717, 1.165) is 27.6 Å². The van der Waals surface area contributed by atoms with Crippen molar-refractivity contribution >= 4 is 34.3 Å². The number of ether oxygens (including phenoxy) is 1. The SMILES string of the molecule is CCC1=C(C(=O)OC)[C@H](c2ccccc2)n2c(s/c(=C\c3cn(Cc4ccccc4C#N)c4ccccc34)c2=O)=N1. The molecule has 0 N–H and O–H groups in total. The molecule has 1 aliphatic heterocycles. The van der Waals surface area contributed by atoms with Crippen molar-refractivity contribution in [2.24, 2.45) is 4.99 Å². The van der Waals surface area contributed by atoms with Gasteiger partial charge in [0.2, 0.25) is 0 Å². The number of nitrogens with zero attached hydrogens (tertiary/aromatic N) is 4. The predicted octanol–water partition coefficient (Wildman–Crippen LogP) is 4.67. The second-order valence-electron chi connectivity index (χ2n) is 9.70. The summed E-state index contributed by atoms with van der Waals surface area (Å²) in [6.45, 7) is 2.47. The smallest absolute Gasteiger partial charge is 0.338 e. The molecule has 6 rings (SSSR count). The molecule has 2 aromatic heterocycles. The molecule has 0 saturated carbocycles. The fraction of sp³-hybridized carbons (Fsp3) is 0.152. The zero-order valence-electron chi connectivity index (χ0n) is 22.6. The molecule has 1 aliphatic rings. The van der Waals surface area contributed by atoms with Gasteiger partial charge < -0.3 is 9.30 Å². The van der Waals surface area contributed by atoms with E-state index in [2.05, 4.69) is 10.6 Å². The van der Waals surface area contributed by atoms with Gasteiger partial charge in [0.05, 0.1) is 40.6 Å². The van der Waals surface area contributed by atoms with Gasteiger partial charge in [-0.3, -0.25) is 9.36 Å². The second kappa shape index (κ2) is 10.9. The van der Waals surface area contributed by atoms with Gasteiger partial charge in [0.15, 0.2) is 4.80 Å². The van der Waals surface area contributed by atoms with Crippen molar-refractivity contribution in [3.05, 3.63) is 138 Å². The van der Waals surface area contributed by atoms with Crippen LogP contribution < -0.4 is 14.9 Å². The van der Waals surface area contributed by atoms with E-state index in [1.54, 1.807) is 4.57 Å². The normalized spacial score (nSPS) is 15.0. The summed E-state index contributed by atoms with van der Waals surface area (Å²) in [5, 5.41) is 10.6. The number of carbonyl (C=O) groups is 1. The monoisotopic (exact) mass is 558 g/mol. The van der Waals surface area contributed by atoms with E-state index in [-0.39, 0.29) is 5.56 Å². The summed E-state index contributed by atoms with van der Waals surface area (Å²) < 4.78 is 9.38. The van der Waals surface area contributed by atoms with Crippen molar-refractivity contribution in [3.8, 4) is 6.07 Å². The van der Waals surface area contributed by atoms with Crippen LogP contribution >= 0.6 is 11.3 Å². The third kappa shape index (κ3) is 4.60. The van der Waals surface area contributed by atoms with E-state index in [4.69, 9.17) is 9.73 Å². The van der Waals surface area contributed by atoms with Gasteiger partial charge in [-0.15, -0.1) is 0 Å². The first-order chi connectivity index (χ1) is 20.0. The third-order valence-electron chi connectivity index (χ3n) is 7.35. The average molecular weight is 559 g/mol. The van der Waals surface area contributed by atoms with E-state index in [9.17, 15) is 14.9 Å². The number of para-hydroxylation sites is 1. The Bertz CT molecular complexity index is 2060. The Morgan fingerprint density at radius 3 is 2.56 bits per heavy atom. The van der Waals surface area contributed by atoms with E-state index in [0.29, 0.717) is 39.1 Å². The molecule has 7 nitrogen and oxygen atoms in total. The van der Waals surface area contributed by atoms with Crippen LogP contribution in [0.1, 0.15) is 41.6 Å². The lowest BCUT2D eigenvalue weighted by molar-refractivity contribution is -0.136. The first kappa shape index (κ1) is 26.2. The molecule has 3 aromatic carbocycles. The summed E-state index contributed by atoms with van der Waals surface area (Å²) in [5.41, 5.74) is 5.04. The van der Waals surface area contributed by atoms with Crippen LogP contribution in [-0.2, 0) is 16.1 Å². The van der Waals surface area contributed by atoms with Gasteiger partial charge in [-0.25, -0.2) is 9.79 Å². The molecule has 3 heterocycles. The largest absolute Gasteiger partial charge is 0.466 e. The zero-order valence-corrected chi connectivity index (χ0v) is 23.4. The second-order valence-corrected chi connectivity index (χ2v) is 10.7. The molecule has 0 saturated heterocycles.